The molecule has 1 aromatic carbocycles. The van der Waals surface area contributed by atoms with Crippen LogP contribution in [0.2, 0.25) is 0 Å². The maximum atomic E-state index is 13.5. The minimum Gasteiger partial charge on any atom is -0.392 e. The Kier molecular flexibility index (Phi) is 8.49. The van der Waals surface area contributed by atoms with Crippen LogP contribution >= 0.6 is 11.6 Å². The number of carbonyl (C=O) groups excluding carboxylic acids is 1. The summed E-state index contributed by atoms with van der Waals surface area (Å²) in [4.78, 5) is 15.3. The van der Waals surface area contributed by atoms with Gasteiger partial charge in [0.05, 0.1) is 6.61 Å². The number of rotatable bonds is 8. The van der Waals surface area contributed by atoms with E-state index in [1.165, 1.54) is 5.57 Å². The van der Waals surface area contributed by atoms with Crippen LogP contribution in [-0.2, 0) is 4.79 Å². The quantitative estimate of drug-likeness (QED) is 0.364. The number of nitrogens with zero attached hydrogens (tertiary/aromatic N) is 1. The summed E-state index contributed by atoms with van der Waals surface area (Å²) in [6.45, 7) is 14.2. The number of hydrogen-bond acceptors (Lipinski definition) is 2. The number of benzene rings is 1. The molecular weight excluding hydrogens is 430 g/mol. The van der Waals surface area contributed by atoms with Gasteiger partial charge in [0.15, 0.2) is 0 Å². The van der Waals surface area contributed by atoms with Gasteiger partial charge in [-0.1, -0.05) is 81.3 Å². The molecule has 0 spiro atoms. The highest BCUT2D eigenvalue weighted by Gasteiger charge is 2.32. The number of aliphatic hydroxyl groups is 1. The highest BCUT2D eigenvalue weighted by atomic mass is 35.5. The molecule has 33 heavy (non-hydrogen) atoms. The fraction of sp³-hybridized carbons (Fsp3) is 0.276. The van der Waals surface area contributed by atoms with E-state index in [2.05, 4.69) is 26.7 Å². The molecule has 172 valence electrons. The number of allylic oxidation sites excluding steroid dienone is 7. The predicted molar refractivity (Wildman–Crippen MR) is 140 cm³/mol. The van der Waals surface area contributed by atoms with E-state index in [1.54, 1.807) is 11.0 Å². The smallest absolute Gasteiger partial charge is 0.254 e. The van der Waals surface area contributed by atoms with E-state index in [9.17, 15) is 9.90 Å². The van der Waals surface area contributed by atoms with E-state index in [1.807, 2.05) is 54.8 Å². The van der Waals surface area contributed by atoms with Crippen molar-refractivity contribution in [1.29, 1.82) is 0 Å². The molecule has 4 heteroatoms. The average molecular weight is 462 g/mol. The second kappa shape index (κ2) is 11.3. The molecule has 1 N–H and O–H groups in total. The number of amides is 1. The third-order valence-corrected chi connectivity index (χ3v) is 6.68. The van der Waals surface area contributed by atoms with Crippen molar-refractivity contribution in [3.63, 3.8) is 0 Å². The van der Waals surface area contributed by atoms with Crippen LogP contribution in [0, 0.1) is 11.8 Å². The molecule has 0 saturated heterocycles. The van der Waals surface area contributed by atoms with Crippen LogP contribution < -0.4 is 0 Å². The van der Waals surface area contributed by atoms with Crippen molar-refractivity contribution in [2.24, 2.45) is 11.8 Å². The van der Waals surface area contributed by atoms with Gasteiger partial charge in [0.25, 0.3) is 5.91 Å². The molecule has 2 atom stereocenters. The summed E-state index contributed by atoms with van der Waals surface area (Å²) >= 11 is 6.32. The first kappa shape index (κ1) is 24.8. The highest BCUT2D eigenvalue weighted by Crippen LogP contribution is 2.37. The molecule has 1 aliphatic carbocycles. The lowest BCUT2D eigenvalue weighted by Gasteiger charge is -2.20. The van der Waals surface area contributed by atoms with Crippen LogP contribution in [0.3, 0.4) is 0 Å². The van der Waals surface area contributed by atoms with Gasteiger partial charge >= 0.3 is 0 Å². The van der Waals surface area contributed by atoms with Gasteiger partial charge in [-0.2, -0.15) is 0 Å². The minimum absolute atomic E-state index is 0.0167. The van der Waals surface area contributed by atoms with Crippen molar-refractivity contribution in [3.05, 3.63) is 108 Å². The van der Waals surface area contributed by atoms with Gasteiger partial charge in [0, 0.05) is 30.1 Å². The number of carbonyl (C=O) groups is 1. The van der Waals surface area contributed by atoms with E-state index in [0.717, 1.165) is 40.7 Å². The van der Waals surface area contributed by atoms with Crippen LogP contribution in [0.5, 0.6) is 0 Å². The molecule has 2 aliphatic rings. The van der Waals surface area contributed by atoms with E-state index in [4.69, 9.17) is 11.6 Å². The first-order valence-corrected chi connectivity index (χ1v) is 11.8. The Morgan fingerprint density at radius 1 is 1.27 bits per heavy atom. The maximum Gasteiger partial charge on any atom is 0.254 e. The van der Waals surface area contributed by atoms with Gasteiger partial charge < -0.3 is 10.0 Å². The lowest BCUT2D eigenvalue weighted by molar-refractivity contribution is -0.125. The van der Waals surface area contributed by atoms with Crippen molar-refractivity contribution < 1.29 is 9.90 Å². The summed E-state index contributed by atoms with van der Waals surface area (Å²) in [6.07, 6.45) is 13.4. The highest BCUT2D eigenvalue weighted by molar-refractivity contribution is 6.19. The molecule has 1 amide bonds. The normalized spacial score (nSPS) is 20.7. The van der Waals surface area contributed by atoms with Gasteiger partial charge in [0.1, 0.15) is 0 Å². The summed E-state index contributed by atoms with van der Waals surface area (Å²) in [5.74, 6) is 0.592. The fourth-order valence-electron chi connectivity index (χ4n) is 4.21. The molecular formula is C29H32ClNO2. The second-order valence-corrected chi connectivity index (χ2v) is 8.92. The maximum absolute atomic E-state index is 13.5. The van der Waals surface area contributed by atoms with E-state index in [-0.39, 0.29) is 24.3 Å². The van der Waals surface area contributed by atoms with E-state index in [0.29, 0.717) is 18.0 Å². The zero-order valence-electron chi connectivity index (χ0n) is 19.3. The Hall–Kier alpha value is -2.88. The zero-order valence-corrected chi connectivity index (χ0v) is 20.0. The van der Waals surface area contributed by atoms with Gasteiger partial charge in [-0.25, -0.2) is 0 Å². The van der Waals surface area contributed by atoms with Gasteiger partial charge in [-0.05, 0) is 52.2 Å². The molecule has 1 aliphatic heterocycles. The first-order chi connectivity index (χ1) is 15.9. The van der Waals surface area contributed by atoms with Crippen LogP contribution in [0.15, 0.2) is 97.3 Å². The number of alkyl halides is 1. The molecule has 0 unspecified atom stereocenters. The number of aliphatic hydroxyl groups excluding tert-OH is 1. The van der Waals surface area contributed by atoms with Crippen molar-refractivity contribution in [2.75, 3.05) is 19.0 Å². The fourth-order valence-corrected chi connectivity index (χ4v) is 4.47. The molecule has 0 aromatic heterocycles. The van der Waals surface area contributed by atoms with Gasteiger partial charge in [0.2, 0.25) is 0 Å². The summed E-state index contributed by atoms with van der Waals surface area (Å²) in [5.41, 5.74) is 6.34. The lowest BCUT2D eigenvalue weighted by atomic mass is 9.90. The zero-order chi connectivity index (χ0) is 24.0. The first-order valence-electron chi connectivity index (χ1n) is 11.3. The number of hydrogen-bond donors (Lipinski definition) is 1. The minimum atomic E-state index is -0.119. The Morgan fingerprint density at radius 3 is 2.73 bits per heavy atom. The summed E-state index contributed by atoms with van der Waals surface area (Å²) in [7, 11) is 0. The van der Waals surface area contributed by atoms with Crippen molar-refractivity contribution in [2.45, 2.75) is 19.8 Å². The van der Waals surface area contributed by atoms with Gasteiger partial charge in [-0.3, -0.25) is 4.79 Å². The molecule has 1 aromatic rings. The lowest BCUT2D eigenvalue weighted by Crippen LogP contribution is -2.29. The van der Waals surface area contributed by atoms with Crippen LogP contribution in [0.25, 0.3) is 11.1 Å². The largest absolute Gasteiger partial charge is 0.392 e. The monoisotopic (exact) mass is 461 g/mol. The summed E-state index contributed by atoms with van der Waals surface area (Å²) in [6, 6.07) is 7.83. The van der Waals surface area contributed by atoms with Crippen molar-refractivity contribution in [1.82, 2.24) is 4.90 Å². The third-order valence-electron chi connectivity index (χ3n) is 6.30. The summed E-state index contributed by atoms with van der Waals surface area (Å²) < 4.78 is 0. The van der Waals surface area contributed by atoms with Crippen LogP contribution in [0.1, 0.15) is 30.9 Å². The Morgan fingerprint density at radius 2 is 2.03 bits per heavy atom. The molecule has 3 rings (SSSR count). The van der Waals surface area contributed by atoms with Crippen molar-refractivity contribution >= 4 is 28.7 Å². The molecule has 0 bridgehead atoms. The number of halogens is 1. The second-order valence-electron chi connectivity index (χ2n) is 8.62. The standard InChI is InChI=1S/C29H32ClNO2/c1-5-20(2)10-12-23-13-11-21(3)26(15-14-23)29(33)31-17-24(16-30)28(18-31)27-9-7-6-8-25(27)22(4)19-32/h5-10,12,14-15,18,21,24,32H,1-2,4,11,13,16-17,19H2,3H3/b12-10-/t21-,24-/m1/s1. The average Bonchev–Trinajstić information content (AvgIpc) is 3.19. The molecule has 0 saturated carbocycles. The van der Waals surface area contributed by atoms with Gasteiger partial charge in [-0.15, -0.1) is 11.6 Å². The topological polar surface area (TPSA) is 40.5 Å². The predicted octanol–water partition coefficient (Wildman–Crippen LogP) is 6.31. The third kappa shape index (κ3) is 5.73. The summed E-state index contributed by atoms with van der Waals surface area (Å²) in [5, 5.41) is 9.61. The molecule has 1 heterocycles. The SMILES string of the molecule is C=CC(=C)/C=C\C1=CC=C(C(=O)N2C=C(c3ccccc3C(=C)CO)[C@H](CCl)C2)[C@H](C)CC1. The van der Waals surface area contributed by atoms with Crippen LogP contribution in [-0.4, -0.2) is 34.9 Å². The van der Waals surface area contributed by atoms with E-state index < -0.39 is 0 Å². The van der Waals surface area contributed by atoms with Crippen molar-refractivity contribution in [3.8, 4) is 0 Å². The molecule has 3 nitrogen and oxygen atoms in total. The Balaban J connectivity index is 1.90. The molecule has 0 radical (unpaired) electrons. The van der Waals surface area contributed by atoms with E-state index >= 15 is 0 Å². The Bertz CT molecular complexity index is 1070. The Labute approximate surface area is 202 Å². The van der Waals surface area contributed by atoms with Crippen LogP contribution in [0.4, 0.5) is 0 Å². The molecule has 0 fully saturated rings.